The van der Waals surface area contributed by atoms with Gasteiger partial charge in [0.25, 0.3) is 0 Å². The van der Waals surface area contributed by atoms with E-state index in [2.05, 4.69) is 4.90 Å². The van der Waals surface area contributed by atoms with E-state index in [4.69, 9.17) is 4.74 Å². The molecule has 8 heteroatoms. The Morgan fingerprint density at radius 3 is 2.44 bits per heavy atom. The molecule has 3 aliphatic rings. The number of carbonyl (C=O) groups is 2. The molecule has 4 rings (SSSR count). The molecule has 176 valence electrons. The van der Waals surface area contributed by atoms with Crippen LogP contribution in [0.1, 0.15) is 62.2 Å². The Kier molecular flexibility index (Phi) is 7.03. The third-order valence-electron chi connectivity index (χ3n) is 7.60. The number of hydrogen-bond donors (Lipinski definition) is 0. The van der Waals surface area contributed by atoms with E-state index < -0.39 is 10.0 Å². The molecule has 3 fully saturated rings. The molecule has 3 saturated heterocycles. The lowest BCUT2D eigenvalue weighted by Crippen LogP contribution is -2.65. The predicted octanol–water partition coefficient (Wildman–Crippen LogP) is 3.10. The zero-order chi connectivity index (χ0) is 22.9. The van der Waals surface area contributed by atoms with Crippen LogP contribution in [0.25, 0.3) is 0 Å². The maximum absolute atomic E-state index is 13.8. The lowest BCUT2D eigenvalue weighted by Gasteiger charge is -2.57. The zero-order valence-corrected chi connectivity index (χ0v) is 19.9. The Hall–Kier alpha value is -1.77. The Morgan fingerprint density at radius 1 is 1.09 bits per heavy atom. The highest BCUT2D eigenvalue weighted by atomic mass is 32.2. The van der Waals surface area contributed by atoms with Crippen LogP contribution in [0.5, 0.6) is 0 Å². The van der Waals surface area contributed by atoms with Crippen molar-refractivity contribution in [3.8, 4) is 0 Å². The van der Waals surface area contributed by atoms with Crippen LogP contribution in [-0.4, -0.2) is 68.2 Å². The molecule has 0 radical (unpaired) electrons. The van der Waals surface area contributed by atoms with Crippen LogP contribution in [0.4, 0.5) is 0 Å². The molecule has 1 aromatic carbocycles. The molecule has 3 aliphatic heterocycles. The van der Waals surface area contributed by atoms with Gasteiger partial charge in [0, 0.05) is 30.6 Å². The SMILES string of the molecule is COC(=O)CCC[C@@H]1[C@H]2CCCN3CCC[C@@H](CN1S(=O)(=O)c1ccc(C(C)=O)cc1)[C@@H]23. The van der Waals surface area contributed by atoms with E-state index in [-0.39, 0.29) is 28.6 Å². The number of piperidine rings is 3. The van der Waals surface area contributed by atoms with E-state index in [1.807, 2.05) is 0 Å². The summed E-state index contributed by atoms with van der Waals surface area (Å²) >= 11 is 0. The van der Waals surface area contributed by atoms with Crippen molar-refractivity contribution in [3.05, 3.63) is 29.8 Å². The van der Waals surface area contributed by atoms with Crippen molar-refractivity contribution in [1.29, 1.82) is 0 Å². The van der Waals surface area contributed by atoms with Gasteiger partial charge in [-0.15, -0.1) is 0 Å². The normalized spacial score (nSPS) is 28.7. The summed E-state index contributed by atoms with van der Waals surface area (Å²) < 4.78 is 34.1. The number of esters is 1. The molecule has 1 aromatic rings. The number of ether oxygens (including phenoxy) is 1. The van der Waals surface area contributed by atoms with Crippen molar-refractivity contribution in [2.24, 2.45) is 11.8 Å². The number of ketones is 1. The van der Waals surface area contributed by atoms with Crippen LogP contribution in [0.15, 0.2) is 29.2 Å². The van der Waals surface area contributed by atoms with Gasteiger partial charge >= 0.3 is 5.97 Å². The molecule has 0 aromatic heterocycles. The van der Waals surface area contributed by atoms with Gasteiger partial charge in [-0.1, -0.05) is 12.1 Å². The fourth-order valence-corrected chi connectivity index (χ4v) is 7.90. The van der Waals surface area contributed by atoms with E-state index in [1.54, 1.807) is 28.6 Å². The van der Waals surface area contributed by atoms with Crippen LogP contribution < -0.4 is 0 Å². The van der Waals surface area contributed by atoms with E-state index >= 15 is 0 Å². The zero-order valence-electron chi connectivity index (χ0n) is 19.0. The van der Waals surface area contributed by atoms with Gasteiger partial charge in [-0.2, -0.15) is 4.31 Å². The maximum atomic E-state index is 13.8. The molecule has 4 atom stereocenters. The second-order valence-corrected chi connectivity index (χ2v) is 11.3. The average molecular weight is 463 g/mol. The number of methoxy groups -OCH3 is 1. The van der Waals surface area contributed by atoms with Crippen LogP contribution >= 0.6 is 0 Å². The van der Waals surface area contributed by atoms with Crippen molar-refractivity contribution in [2.75, 3.05) is 26.7 Å². The second kappa shape index (κ2) is 9.61. The highest BCUT2D eigenvalue weighted by Gasteiger charge is 2.51. The first-order chi connectivity index (χ1) is 15.3. The molecule has 0 saturated carbocycles. The van der Waals surface area contributed by atoms with Crippen LogP contribution in [0.3, 0.4) is 0 Å². The standard InChI is InChI=1S/C24H34N2O5S/c1-17(27)18-10-12-20(13-11-18)32(29,30)26-16-19-6-4-14-25-15-5-7-21(24(19)25)22(26)8-3-9-23(28)31-2/h10-13,19,21-22,24H,3-9,14-16H2,1-2H3/t19-,21+,22+,24-/m0/s1. The third kappa shape index (κ3) is 4.50. The lowest BCUT2D eigenvalue weighted by molar-refractivity contribution is -0.140. The molecule has 3 heterocycles. The highest BCUT2D eigenvalue weighted by molar-refractivity contribution is 7.89. The number of hydrogen-bond acceptors (Lipinski definition) is 6. The monoisotopic (exact) mass is 462 g/mol. The first-order valence-corrected chi connectivity index (χ1v) is 13.2. The van der Waals surface area contributed by atoms with Gasteiger partial charge in [0.15, 0.2) is 5.78 Å². The van der Waals surface area contributed by atoms with Gasteiger partial charge in [0.2, 0.25) is 10.0 Å². The topological polar surface area (TPSA) is 84.0 Å². The fraction of sp³-hybridized carbons (Fsp3) is 0.667. The van der Waals surface area contributed by atoms with Crippen LogP contribution in [-0.2, 0) is 19.6 Å². The Morgan fingerprint density at radius 2 is 1.78 bits per heavy atom. The minimum atomic E-state index is -3.71. The second-order valence-electron chi connectivity index (χ2n) is 9.43. The van der Waals surface area contributed by atoms with Gasteiger partial charge in [-0.25, -0.2) is 8.42 Å². The summed E-state index contributed by atoms with van der Waals surface area (Å²) in [7, 11) is -2.32. The first kappa shape index (κ1) is 23.4. The summed E-state index contributed by atoms with van der Waals surface area (Å²) in [5, 5.41) is 0. The summed E-state index contributed by atoms with van der Waals surface area (Å²) in [4.78, 5) is 26.1. The molecule has 7 nitrogen and oxygen atoms in total. The molecule has 0 amide bonds. The van der Waals surface area contributed by atoms with Gasteiger partial charge in [0.05, 0.1) is 12.0 Å². The predicted molar refractivity (Wildman–Crippen MR) is 121 cm³/mol. The number of carbonyl (C=O) groups excluding carboxylic acids is 2. The first-order valence-electron chi connectivity index (χ1n) is 11.8. The van der Waals surface area contributed by atoms with E-state index in [9.17, 15) is 18.0 Å². The Labute approximate surface area is 191 Å². The van der Waals surface area contributed by atoms with Crippen molar-refractivity contribution in [2.45, 2.75) is 68.8 Å². The summed E-state index contributed by atoms with van der Waals surface area (Å²) in [6.07, 6.45) is 5.85. The molecule has 0 N–H and O–H groups in total. The van der Waals surface area contributed by atoms with Crippen molar-refractivity contribution in [1.82, 2.24) is 9.21 Å². The van der Waals surface area contributed by atoms with Gasteiger partial charge in [-0.05, 0) is 82.5 Å². The summed E-state index contributed by atoms with van der Waals surface area (Å²) in [5.41, 5.74) is 0.507. The average Bonchev–Trinajstić information content (AvgIpc) is 2.80. The lowest BCUT2D eigenvalue weighted by atomic mass is 9.70. The van der Waals surface area contributed by atoms with Crippen LogP contribution in [0.2, 0.25) is 0 Å². The van der Waals surface area contributed by atoms with Crippen molar-refractivity contribution in [3.63, 3.8) is 0 Å². The molecule has 0 spiro atoms. The molecule has 0 aliphatic carbocycles. The number of sulfonamides is 1. The Bertz CT molecular complexity index is 944. The minimum Gasteiger partial charge on any atom is -0.469 e. The van der Waals surface area contributed by atoms with Crippen LogP contribution in [0, 0.1) is 11.8 Å². The number of benzene rings is 1. The largest absolute Gasteiger partial charge is 0.469 e. The summed E-state index contributed by atoms with van der Waals surface area (Å²) in [5.74, 6) is 0.291. The third-order valence-corrected chi connectivity index (χ3v) is 9.51. The van der Waals surface area contributed by atoms with Crippen molar-refractivity contribution >= 4 is 21.8 Å². The number of rotatable bonds is 7. The molecule has 0 bridgehead atoms. The van der Waals surface area contributed by atoms with Gasteiger partial charge < -0.3 is 4.74 Å². The van der Waals surface area contributed by atoms with E-state index in [1.165, 1.54) is 14.0 Å². The molecular formula is C24H34N2O5S. The minimum absolute atomic E-state index is 0.0834. The molecule has 0 unspecified atom stereocenters. The quantitative estimate of drug-likeness (QED) is 0.457. The number of Topliss-reactive ketones (excluding diaryl/α,β-unsaturated/α-hetero) is 1. The van der Waals surface area contributed by atoms with Gasteiger partial charge in [-0.3, -0.25) is 14.5 Å². The molecular weight excluding hydrogens is 428 g/mol. The number of nitrogens with zero attached hydrogens (tertiary/aromatic N) is 2. The van der Waals surface area contributed by atoms with E-state index in [0.29, 0.717) is 43.3 Å². The van der Waals surface area contributed by atoms with Gasteiger partial charge in [0.1, 0.15) is 0 Å². The van der Waals surface area contributed by atoms with Crippen molar-refractivity contribution < 1.29 is 22.7 Å². The highest BCUT2D eigenvalue weighted by Crippen LogP contribution is 2.45. The fourth-order valence-electron chi connectivity index (χ4n) is 6.15. The molecule has 32 heavy (non-hydrogen) atoms. The summed E-state index contributed by atoms with van der Waals surface area (Å²) in [6, 6.07) is 6.61. The maximum Gasteiger partial charge on any atom is 0.305 e. The smallest absolute Gasteiger partial charge is 0.305 e. The summed E-state index contributed by atoms with van der Waals surface area (Å²) in [6.45, 7) is 4.21. The van der Waals surface area contributed by atoms with E-state index in [0.717, 1.165) is 38.8 Å². The Balaban J connectivity index is 1.65.